The lowest BCUT2D eigenvalue weighted by molar-refractivity contribution is 0.310. The molecule has 3 nitrogen and oxygen atoms in total. The molecule has 136 valence electrons. The lowest BCUT2D eigenvalue weighted by atomic mass is 10.1. The fourth-order valence-electron chi connectivity index (χ4n) is 2.61. The zero-order valence-corrected chi connectivity index (χ0v) is 16.1. The van der Waals surface area contributed by atoms with Gasteiger partial charge in [0.25, 0.3) is 0 Å². The van der Waals surface area contributed by atoms with Crippen LogP contribution in [0.3, 0.4) is 0 Å². The molecule has 0 aliphatic rings. The molecule has 2 aromatic rings. The molecule has 0 aliphatic heterocycles. The van der Waals surface area contributed by atoms with Crippen LogP contribution in [0.4, 0.5) is 0 Å². The van der Waals surface area contributed by atoms with Crippen molar-refractivity contribution in [3.8, 4) is 17.1 Å². The number of alkyl halides is 1. The Labute approximate surface area is 156 Å². The molecule has 1 heterocycles. The number of unbranched alkanes of at least 4 members (excludes halogenated alkanes) is 4. The Balaban J connectivity index is 1.82. The molecular formula is C21H29ClN2O. The number of hydrogen-bond donors (Lipinski definition) is 0. The van der Waals surface area contributed by atoms with E-state index in [4.69, 9.17) is 16.3 Å². The molecule has 4 heteroatoms. The molecule has 0 N–H and O–H groups in total. The fourth-order valence-corrected chi connectivity index (χ4v) is 2.69. The van der Waals surface area contributed by atoms with Crippen molar-refractivity contribution in [1.82, 2.24) is 9.97 Å². The topological polar surface area (TPSA) is 35.0 Å². The molecule has 1 atom stereocenters. The van der Waals surface area contributed by atoms with Gasteiger partial charge in [-0.1, -0.05) is 32.6 Å². The highest BCUT2D eigenvalue weighted by Gasteiger charge is 2.03. The Morgan fingerprint density at radius 2 is 1.68 bits per heavy atom. The van der Waals surface area contributed by atoms with E-state index in [9.17, 15) is 0 Å². The van der Waals surface area contributed by atoms with Crippen molar-refractivity contribution >= 4 is 11.6 Å². The third-order valence-electron chi connectivity index (χ3n) is 4.17. The third-order valence-corrected chi connectivity index (χ3v) is 4.39. The van der Waals surface area contributed by atoms with Gasteiger partial charge in [-0.2, -0.15) is 0 Å². The third kappa shape index (κ3) is 7.43. The van der Waals surface area contributed by atoms with Crippen molar-refractivity contribution in [1.29, 1.82) is 0 Å². The first kappa shape index (κ1) is 19.7. The zero-order chi connectivity index (χ0) is 17.9. The highest BCUT2D eigenvalue weighted by molar-refractivity contribution is 6.20. The summed E-state index contributed by atoms with van der Waals surface area (Å²) in [6.45, 7) is 4.85. The monoisotopic (exact) mass is 360 g/mol. The number of aryl methyl sites for hydroxylation is 1. The minimum Gasteiger partial charge on any atom is -0.494 e. The summed E-state index contributed by atoms with van der Waals surface area (Å²) in [7, 11) is 0. The van der Waals surface area contributed by atoms with Crippen molar-refractivity contribution in [2.45, 2.75) is 64.2 Å². The molecule has 1 aromatic carbocycles. The number of benzene rings is 1. The quantitative estimate of drug-likeness (QED) is 0.361. The smallest absolute Gasteiger partial charge is 0.159 e. The Hall–Kier alpha value is -1.61. The molecule has 0 amide bonds. The maximum atomic E-state index is 5.92. The zero-order valence-electron chi connectivity index (χ0n) is 15.4. The summed E-state index contributed by atoms with van der Waals surface area (Å²) >= 11 is 5.92. The van der Waals surface area contributed by atoms with Crippen LogP contribution in [0.2, 0.25) is 0 Å². The predicted octanol–water partition coefficient (Wildman–Crippen LogP) is 6.05. The van der Waals surface area contributed by atoms with Gasteiger partial charge >= 0.3 is 0 Å². The van der Waals surface area contributed by atoms with E-state index in [-0.39, 0.29) is 5.38 Å². The minimum atomic E-state index is 0.137. The number of halogens is 1. The Bertz CT molecular complexity index is 596. The maximum absolute atomic E-state index is 5.92. The average Bonchev–Trinajstić information content (AvgIpc) is 2.62. The van der Waals surface area contributed by atoms with Gasteiger partial charge in [-0.3, -0.25) is 0 Å². The Kier molecular flexibility index (Phi) is 8.75. The number of aromatic nitrogens is 2. The number of rotatable bonds is 11. The lowest BCUT2D eigenvalue weighted by Gasteiger charge is -2.08. The molecule has 0 bridgehead atoms. The van der Waals surface area contributed by atoms with Crippen LogP contribution in [0.5, 0.6) is 5.75 Å². The van der Waals surface area contributed by atoms with Crippen LogP contribution in [-0.2, 0) is 6.42 Å². The van der Waals surface area contributed by atoms with Crippen molar-refractivity contribution < 1.29 is 4.74 Å². The summed E-state index contributed by atoms with van der Waals surface area (Å²) < 4.78 is 5.67. The maximum Gasteiger partial charge on any atom is 0.159 e. The first-order chi connectivity index (χ1) is 12.2. The Morgan fingerprint density at radius 3 is 2.32 bits per heavy atom. The highest BCUT2D eigenvalue weighted by atomic mass is 35.5. The molecule has 0 radical (unpaired) electrons. The molecular weight excluding hydrogens is 332 g/mol. The van der Waals surface area contributed by atoms with Crippen LogP contribution in [0.1, 0.15) is 57.9 Å². The van der Waals surface area contributed by atoms with Gasteiger partial charge in [0.1, 0.15) is 5.75 Å². The van der Waals surface area contributed by atoms with Gasteiger partial charge in [0.2, 0.25) is 0 Å². The van der Waals surface area contributed by atoms with Crippen LogP contribution in [0, 0.1) is 0 Å². The number of hydrogen-bond acceptors (Lipinski definition) is 3. The molecule has 0 spiro atoms. The van der Waals surface area contributed by atoms with Crippen molar-refractivity contribution in [3.63, 3.8) is 0 Å². The van der Waals surface area contributed by atoms with E-state index in [0.29, 0.717) is 6.61 Å². The van der Waals surface area contributed by atoms with Gasteiger partial charge in [-0.05, 0) is 56.0 Å². The second kappa shape index (κ2) is 11.1. The van der Waals surface area contributed by atoms with Gasteiger partial charge in [0, 0.05) is 23.3 Å². The van der Waals surface area contributed by atoms with E-state index >= 15 is 0 Å². The first-order valence-corrected chi connectivity index (χ1v) is 9.81. The molecule has 0 fully saturated rings. The van der Waals surface area contributed by atoms with Crippen LogP contribution in [-0.4, -0.2) is 22.0 Å². The van der Waals surface area contributed by atoms with Crippen LogP contribution >= 0.6 is 11.6 Å². The summed E-state index contributed by atoms with van der Waals surface area (Å²) in [5.74, 6) is 1.61. The summed E-state index contributed by atoms with van der Waals surface area (Å²) in [5.41, 5.74) is 2.22. The largest absolute Gasteiger partial charge is 0.494 e. The van der Waals surface area contributed by atoms with Crippen molar-refractivity contribution in [2.75, 3.05) is 6.61 Å². The van der Waals surface area contributed by atoms with Gasteiger partial charge in [-0.15, -0.1) is 11.6 Å². The van der Waals surface area contributed by atoms with E-state index < -0.39 is 0 Å². The van der Waals surface area contributed by atoms with Crippen molar-refractivity contribution in [2.24, 2.45) is 0 Å². The van der Waals surface area contributed by atoms with E-state index in [1.807, 2.05) is 43.6 Å². The molecule has 0 saturated heterocycles. The summed E-state index contributed by atoms with van der Waals surface area (Å²) in [6, 6.07) is 7.91. The van der Waals surface area contributed by atoms with E-state index in [2.05, 4.69) is 16.9 Å². The second-order valence-corrected chi connectivity index (χ2v) is 7.27. The van der Waals surface area contributed by atoms with Gasteiger partial charge in [0.15, 0.2) is 5.82 Å². The van der Waals surface area contributed by atoms with Gasteiger partial charge in [-0.25, -0.2) is 9.97 Å². The van der Waals surface area contributed by atoms with Crippen LogP contribution in [0.25, 0.3) is 11.4 Å². The normalized spacial score (nSPS) is 12.1. The van der Waals surface area contributed by atoms with Crippen LogP contribution < -0.4 is 4.74 Å². The first-order valence-electron chi connectivity index (χ1n) is 9.37. The highest BCUT2D eigenvalue weighted by Crippen LogP contribution is 2.20. The standard InChI is InChI=1S/C21H29ClN2O/c1-3-4-5-6-7-8-18-15-23-21(24-16-18)19-9-11-20(12-10-19)25-14-13-17(2)22/h9-12,15-17H,3-8,13-14H2,1-2H3. The summed E-state index contributed by atoms with van der Waals surface area (Å²) in [5, 5.41) is 0.137. The van der Waals surface area contributed by atoms with E-state index in [1.165, 1.54) is 37.7 Å². The average molecular weight is 361 g/mol. The number of nitrogens with zero attached hydrogens (tertiary/aromatic N) is 2. The summed E-state index contributed by atoms with van der Waals surface area (Å²) in [4.78, 5) is 9.02. The van der Waals surface area contributed by atoms with Gasteiger partial charge in [0.05, 0.1) is 6.61 Å². The van der Waals surface area contributed by atoms with Crippen molar-refractivity contribution in [3.05, 3.63) is 42.2 Å². The molecule has 1 aromatic heterocycles. The molecule has 25 heavy (non-hydrogen) atoms. The van der Waals surface area contributed by atoms with E-state index in [1.54, 1.807) is 0 Å². The minimum absolute atomic E-state index is 0.137. The molecule has 1 unspecified atom stereocenters. The van der Waals surface area contributed by atoms with Crippen LogP contribution in [0.15, 0.2) is 36.7 Å². The predicted molar refractivity (Wildman–Crippen MR) is 105 cm³/mol. The van der Waals surface area contributed by atoms with E-state index in [0.717, 1.165) is 30.0 Å². The summed E-state index contributed by atoms with van der Waals surface area (Å²) in [6.07, 6.45) is 12.3. The fraction of sp³-hybridized carbons (Fsp3) is 0.524. The molecule has 0 saturated carbocycles. The van der Waals surface area contributed by atoms with Gasteiger partial charge < -0.3 is 4.74 Å². The Morgan fingerprint density at radius 1 is 1.00 bits per heavy atom. The molecule has 2 rings (SSSR count). The lowest BCUT2D eigenvalue weighted by Crippen LogP contribution is -2.03. The number of ether oxygens (including phenoxy) is 1. The SMILES string of the molecule is CCCCCCCc1cnc(-c2ccc(OCCC(C)Cl)cc2)nc1. The molecule has 0 aliphatic carbocycles. The second-order valence-electron chi connectivity index (χ2n) is 6.52.